The van der Waals surface area contributed by atoms with Gasteiger partial charge in [0.05, 0.1) is 0 Å². The molecule has 4 heteroatoms. The molecule has 2 rings (SSSR count). The van der Waals surface area contributed by atoms with E-state index in [0.717, 1.165) is 29.1 Å². The summed E-state index contributed by atoms with van der Waals surface area (Å²) in [6.07, 6.45) is 4.87. The maximum absolute atomic E-state index is 4.32. The Morgan fingerprint density at radius 1 is 1.41 bits per heavy atom. The van der Waals surface area contributed by atoms with Gasteiger partial charge < -0.3 is 5.32 Å². The Morgan fingerprint density at radius 3 is 2.94 bits per heavy atom. The number of imidazole rings is 1. The lowest BCUT2D eigenvalue weighted by Gasteiger charge is -2.10. The van der Waals surface area contributed by atoms with Crippen LogP contribution in [0.1, 0.15) is 18.9 Å². The number of hydrogen-bond donors (Lipinski definition) is 1. The second-order valence-corrected chi connectivity index (χ2v) is 4.84. The molecule has 3 nitrogen and oxygen atoms in total. The number of nitrogens with zero attached hydrogens (tertiary/aromatic N) is 2. The number of benzene rings is 1. The average Bonchev–Trinajstić information content (AvgIpc) is 2.78. The maximum Gasteiger partial charge on any atom is 0.207 e. The van der Waals surface area contributed by atoms with Gasteiger partial charge in [-0.2, -0.15) is 0 Å². The molecule has 0 bridgehead atoms. The summed E-state index contributed by atoms with van der Waals surface area (Å²) in [5.41, 5.74) is 2.34. The monoisotopic (exact) mass is 293 g/mol. The van der Waals surface area contributed by atoms with Gasteiger partial charge in [-0.1, -0.05) is 28.9 Å². The van der Waals surface area contributed by atoms with Crippen LogP contribution in [0.25, 0.3) is 5.69 Å². The summed E-state index contributed by atoms with van der Waals surface area (Å²) in [6, 6.07) is 6.30. The zero-order chi connectivity index (χ0) is 12.3. The van der Waals surface area contributed by atoms with E-state index in [1.807, 2.05) is 12.4 Å². The van der Waals surface area contributed by atoms with E-state index in [0.29, 0.717) is 0 Å². The molecule has 1 heterocycles. The first kappa shape index (κ1) is 12.2. The van der Waals surface area contributed by atoms with Crippen LogP contribution in [0.3, 0.4) is 0 Å². The van der Waals surface area contributed by atoms with Crippen molar-refractivity contribution >= 4 is 21.9 Å². The molecule has 0 spiro atoms. The molecular weight excluding hydrogens is 278 g/mol. The summed E-state index contributed by atoms with van der Waals surface area (Å²) in [4.78, 5) is 4.32. The third kappa shape index (κ3) is 2.69. The van der Waals surface area contributed by atoms with Crippen LogP contribution in [0.15, 0.2) is 35.1 Å². The smallest absolute Gasteiger partial charge is 0.207 e. The second-order valence-electron chi connectivity index (χ2n) is 3.98. The number of nitrogens with one attached hydrogen (secondary N) is 1. The van der Waals surface area contributed by atoms with Crippen LogP contribution in [0.5, 0.6) is 0 Å². The molecule has 90 valence electrons. The van der Waals surface area contributed by atoms with E-state index < -0.39 is 0 Å². The van der Waals surface area contributed by atoms with Gasteiger partial charge in [0, 0.05) is 29.1 Å². The molecule has 0 unspecified atom stereocenters. The van der Waals surface area contributed by atoms with Crippen molar-refractivity contribution in [3.05, 3.63) is 40.6 Å². The Kier molecular flexibility index (Phi) is 3.84. The van der Waals surface area contributed by atoms with Crippen LogP contribution < -0.4 is 5.32 Å². The highest BCUT2D eigenvalue weighted by molar-refractivity contribution is 9.10. The Labute approximate surface area is 110 Å². The standard InChI is InChI=1S/C13H16BrN3/c1-3-6-15-13-16-7-8-17(13)11-5-4-10(2)12(14)9-11/h4-5,7-9H,3,6H2,1-2H3,(H,15,16). The summed E-state index contributed by atoms with van der Waals surface area (Å²) < 4.78 is 3.17. The van der Waals surface area contributed by atoms with Gasteiger partial charge in [-0.3, -0.25) is 4.57 Å². The van der Waals surface area contributed by atoms with E-state index >= 15 is 0 Å². The SMILES string of the molecule is CCCNc1nccn1-c1ccc(C)c(Br)c1. The summed E-state index contributed by atoms with van der Waals surface area (Å²) >= 11 is 3.55. The molecule has 1 N–H and O–H groups in total. The molecule has 2 aromatic rings. The van der Waals surface area contributed by atoms with Crippen molar-refractivity contribution in [1.82, 2.24) is 9.55 Å². The highest BCUT2D eigenvalue weighted by Gasteiger charge is 2.05. The molecule has 0 fully saturated rings. The molecule has 17 heavy (non-hydrogen) atoms. The van der Waals surface area contributed by atoms with Gasteiger partial charge in [0.15, 0.2) is 0 Å². The van der Waals surface area contributed by atoms with Crippen molar-refractivity contribution in [2.24, 2.45) is 0 Å². The minimum absolute atomic E-state index is 0.891. The summed E-state index contributed by atoms with van der Waals surface area (Å²) in [5, 5.41) is 3.31. The fourth-order valence-electron chi connectivity index (χ4n) is 1.61. The molecule has 0 saturated heterocycles. The van der Waals surface area contributed by atoms with Gasteiger partial charge >= 0.3 is 0 Å². The predicted molar refractivity (Wildman–Crippen MR) is 74.8 cm³/mol. The van der Waals surface area contributed by atoms with Crippen molar-refractivity contribution < 1.29 is 0 Å². The first-order valence-corrected chi connectivity index (χ1v) is 6.55. The first-order valence-electron chi connectivity index (χ1n) is 5.76. The Morgan fingerprint density at radius 2 is 2.24 bits per heavy atom. The molecule has 0 amide bonds. The van der Waals surface area contributed by atoms with Crippen molar-refractivity contribution in [1.29, 1.82) is 0 Å². The molecule has 1 aromatic carbocycles. The van der Waals surface area contributed by atoms with E-state index in [4.69, 9.17) is 0 Å². The molecular formula is C13H16BrN3. The van der Waals surface area contributed by atoms with E-state index in [1.54, 1.807) is 0 Å². The number of hydrogen-bond acceptors (Lipinski definition) is 2. The fourth-order valence-corrected chi connectivity index (χ4v) is 1.98. The van der Waals surface area contributed by atoms with Crippen molar-refractivity contribution in [2.75, 3.05) is 11.9 Å². The highest BCUT2D eigenvalue weighted by atomic mass is 79.9. The Bertz CT molecular complexity index is 505. The van der Waals surface area contributed by atoms with Crippen LogP contribution in [0, 0.1) is 6.92 Å². The van der Waals surface area contributed by atoms with Crippen molar-refractivity contribution in [3.8, 4) is 5.69 Å². The summed E-state index contributed by atoms with van der Waals surface area (Å²) in [6.45, 7) is 5.16. The predicted octanol–water partition coefficient (Wildman–Crippen LogP) is 3.77. The van der Waals surface area contributed by atoms with Crippen LogP contribution in [0.2, 0.25) is 0 Å². The third-order valence-corrected chi connectivity index (χ3v) is 3.46. The van der Waals surface area contributed by atoms with Crippen LogP contribution in [0.4, 0.5) is 5.95 Å². The van der Waals surface area contributed by atoms with Gasteiger partial charge in [-0.15, -0.1) is 0 Å². The van der Waals surface area contributed by atoms with E-state index in [-0.39, 0.29) is 0 Å². The summed E-state index contributed by atoms with van der Waals surface area (Å²) in [7, 11) is 0. The molecule has 0 aliphatic carbocycles. The van der Waals surface area contributed by atoms with E-state index in [9.17, 15) is 0 Å². The van der Waals surface area contributed by atoms with Gasteiger partial charge in [0.2, 0.25) is 5.95 Å². The topological polar surface area (TPSA) is 29.9 Å². The minimum atomic E-state index is 0.891. The van der Waals surface area contributed by atoms with Crippen LogP contribution in [-0.2, 0) is 0 Å². The normalized spacial score (nSPS) is 10.5. The lowest BCUT2D eigenvalue weighted by atomic mass is 10.2. The van der Waals surface area contributed by atoms with E-state index in [2.05, 4.69) is 62.8 Å². The lowest BCUT2D eigenvalue weighted by Crippen LogP contribution is -2.06. The fraction of sp³-hybridized carbons (Fsp3) is 0.308. The van der Waals surface area contributed by atoms with Gasteiger partial charge in [0.25, 0.3) is 0 Å². The minimum Gasteiger partial charge on any atom is -0.355 e. The zero-order valence-electron chi connectivity index (χ0n) is 10.1. The molecule has 0 aliphatic rings. The number of rotatable bonds is 4. The number of anilines is 1. The second kappa shape index (κ2) is 5.36. The average molecular weight is 294 g/mol. The number of aryl methyl sites for hydroxylation is 1. The van der Waals surface area contributed by atoms with Gasteiger partial charge in [-0.25, -0.2) is 4.98 Å². The molecule has 0 radical (unpaired) electrons. The van der Waals surface area contributed by atoms with Gasteiger partial charge in [0.1, 0.15) is 0 Å². The first-order chi connectivity index (χ1) is 8.22. The Balaban J connectivity index is 2.32. The lowest BCUT2D eigenvalue weighted by molar-refractivity contribution is 0.936. The van der Waals surface area contributed by atoms with Crippen molar-refractivity contribution in [2.45, 2.75) is 20.3 Å². The third-order valence-electron chi connectivity index (χ3n) is 2.61. The van der Waals surface area contributed by atoms with Crippen molar-refractivity contribution in [3.63, 3.8) is 0 Å². The van der Waals surface area contributed by atoms with Crippen LogP contribution >= 0.6 is 15.9 Å². The van der Waals surface area contributed by atoms with Gasteiger partial charge in [-0.05, 0) is 31.0 Å². The number of halogens is 1. The van der Waals surface area contributed by atoms with Crippen LogP contribution in [-0.4, -0.2) is 16.1 Å². The zero-order valence-corrected chi connectivity index (χ0v) is 11.7. The largest absolute Gasteiger partial charge is 0.355 e. The van der Waals surface area contributed by atoms with E-state index in [1.165, 1.54) is 5.56 Å². The quantitative estimate of drug-likeness (QED) is 0.930. The Hall–Kier alpha value is -1.29. The summed E-state index contributed by atoms with van der Waals surface area (Å²) in [5.74, 6) is 0.891. The molecule has 0 atom stereocenters. The molecule has 0 saturated carbocycles. The molecule has 1 aromatic heterocycles. The maximum atomic E-state index is 4.32. The number of aromatic nitrogens is 2. The molecule has 0 aliphatic heterocycles. The highest BCUT2D eigenvalue weighted by Crippen LogP contribution is 2.22.